The molecule has 0 aromatic heterocycles. The highest BCUT2D eigenvalue weighted by atomic mass is 16.2. The number of benzene rings is 1. The van der Waals surface area contributed by atoms with Gasteiger partial charge in [-0.1, -0.05) is 18.2 Å². The van der Waals surface area contributed by atoms with E-state index in [9.17, 15) is 4.79 Å². The Hall–Kier alpha value is -2.24. The topological polar surface area (TPSA) is 92.2 Å². The summed E-state index contributed by atoms with van der Waals surface area (Å²) in [5.74, 6) is -0.216. The summed E-state index contributed by atoms with van der Waals surface area (Å²) < 4.78 is 0. The van der Waals surface area contributed by atoms with Gasteiger partial charge < -0.3 is 5.73 Å². The molecule has 0 saturated carbocycles. The van der Waals surface area contributed by atoms with Crippen molar-refractivity contribution in [1.29, 1.82) is 0 Å². The summed E-state index contributed by atoms with van der Waals surface area (Å²) in [6, 6.07) is 8.30. The van der Waals surface area contributed by atoms with Crippen LogP contribution in [0.4, 0.5) is 5.69 Å². The van der Waals surface area contributed by atoms with Gasteiger partial charge >= 0.3 is 0 Å². The fraction of sp³-hybridized carbons (Fsp3) is 0.111. The molecule has 1 aliphatic rings. The predicted molar refractivity (Wildman–Crippen MR) is 54.5 cm³/mol. The molecule has 0 bridgehead atoms. The Kier molecular flexibility index (Phi) is 2.40. The zero-order valence-electron chi connectivity index (χ0n) is 7.79. The highest BCUT2D eigenvalue weighted by molar-refractivity contribution is 6.10. The number of nitrogens with two attached hydrogens (primary N) is 1. The molecule has 1 aromatic carbocycles. The van der Waals surface area contributed by atoms with Crippen LogP contribution >= 0.6 is 0 Å². The quantitative estimate of drug-likeness (QED) is 0.686. The van der Waals surface area contributed by atoms with Crippen molar-refractivity contribution >= 4 is 17.4 Å². The minimum absolute atomic E-state index is 0.139. The molecular weight excluding hydrogens is 194 g/mol. The van der Waals surface area contributed by atoms with Gasteiger partial charge in [0.15, 0.2) is 5.84 Å². The number of carbonyl (C=O) groups excluding carboxylic acids is 1. The summed E-state index contributed by atoms with van der Waals surface area (Å²) in [5.41, 5.74) is 8.34. The summed E-state index contributed by atoms with van der Waals surface area (Å²) in [6.45, 7) is 0. The first-order valence-corrected chi connectivity index (χ1v) is 4.36. The van der Waals surface area contributed by atoms with E-state index >= 15 is 0 Å². The number of rotatable bonds is 2. The van der Waals surface area contributed by atoms with Crippen molar-refractivity contribution in [2.24, 2.45) is 21.1 Å². The number of carbonyl (C=O) groups is 1. The van der Waals surface area contributed by atoms with Crippen LogP contribution in [0.2, 0.25) is 0 Å². The first-order chi connectivity index (χ1) is 7.27. The van der Waals surface area contributed by atoms with E-state index in [0.717, 1.165) is 0 Å². The van der Waals surface area contributed by atoms with Gasteiger partial charge in [0.2, 0.25) is 6.04 Å². The lowest BCUT2D eigenvalue weighted by molar-refractivity contribution is -0.120. The molecule has 0 saturated heterocycles. The normalized spacial score (nSPS) is 20.4. The number of nitrogens with zero attached hydrogens (tertiary/aromatic N) is 3. The van der Waals surface area contributed by atoms with Gasteiger partial charge in [-0.2, -0.15) is 15.3 Å². The van der Waals surface area contributed by atoms with Crippen molar-refractivity contribution in [3.8, 4) is 0 Å². The molecule has 1 aliphatic heterocycles. The van der Waals surface area contributed by atoms with Crippen LogP contribution in [0.3, 0.4) is 0 Å². The first-order valence-electron chi connectivity index (χ1n) is 4.36. The maximum atomic E-state index is 11.1. The maximum absolute atomic E-state index is 11.1. The summed E-state index contributed by atoms with van der Waals surface area (Å²) in [5, 5.41) is 11.3. The third-order valence-electron chi connectivity index (χ3n) is 1.87. The smallest absolute Gasteiger partial charge is 0.274 e. The van der Waals surface area contributed by atoms with Crippen LogP contribution in [0.5, 0.6) is 0 Å². The fourth-order valence-electron chi connectivity index (χ4n) is 1.11. The Morgan fingerprint density at radius 1 is 1.33 bits per heavy atom. The summed E-state index contributed by atoms with van der Waals surface area (Å²) in [6.07, 6.45) is 0. The van der Waals surface area contributed by atoms with Crippen LogP contribution in [-0.2, 0) is 4.79 Å². The Bertz CT molecular complexity index is 425. The van der Waals surface area contributed by atoms with Gasteiger partial charge in [-0.25, -0.2) is 5.43 Å². The molecule has 1 heterocycles. The molecule has 1 unspecified atom stereocenters. The molecule has 6 nitrogen and oxygen atoms in total. The molecule has 6 heteroatoms. The molecule has 1 atom stereocenters. The highest BCUT2D eigenvalue weighted by Crippen LogP contribution is 2.12. The van der Waals surface area contributed by atoms with Gasteiger partial charge in [-0.3, -0.25) is 4.79 Å². The minimum atomic E-state index is -0.801. The lowest BCUT2D eigenvalue weighted by Gasteiger charge is -1.97. The third kappa shape index (κ3) is 1.98. The van der Waals surface area contributed by atoms with E-state index in [0.29, 0.717) is 5.69 Å². The highest BCUT2D eigenvalue weighted by Gasteiger charge is 2.27. The summed E-state index contributed by atoms with van der Waals surface area (Å²) in [7, 11) is 0. The molecule has 0 aliphatic carbocycles. The maximum Gasteiger partial charge on any atom is 0.274 e. The fourth-order valence-corrected chi connectivity index (χ4v) is 1.11. The molecule has 1 amide bonds. The number of hydrazone groups is 1. The van der Waals surface area contributed by atoms with Gasteiger partial charge in [-0.05, 0) is 12.1 Å². The Labute approximate surface area is 85.9 Å². The molecular formula is C9H9N5O. The Morgan fingerprint density at radius 3 is 2.67 bits per heavy atom. The van der Waals surface area contributed by atoms with Crippen LogP contribution in [0.1, 0.15) is 0 Å². The van der Waals surface area contributed by atoms with Crippen molar-refractivity contribution < 1.29 is 4.79 Å². The third-order valence-corrected chi connectivity index (χ3v) is 1.87. The second-order valence-electron chi connectivity index (χ2n) is 2.97. The molecule has 0 radical (unpaired) electrons. The van der Waals surface area contributed by atoms with Gasteiger partial charge in [0.05, 0.1) is 5.69 Å². The minimum Gasteiger partial charge on any atom is -0.383 e. The van der Waals surface area contributed by atoms with Gasteiger partial charge in [0, 0.05) is 0 Å². The van der Waals surface area contributed by atoms with Gasteiger partial charge in [-0.15, -0.1) is 0 Å². The number of azo groups is 1. The van der Waals surface area contributed by atoms with E-state index in [4.69, 9.17) is 5.73 Å². The van der Waals surface area contributed by atoms with Crippen LogP contribution < -0.4 is 11.2 Å². The molecule has 0 spiro atoms. The zero-order chi connectivity index (χ0) is 10.7. The Morgan fingerprint density at radius 2 is 2.07 bits per heavy atom. The molecule has 2 rings (SSSR count). The van der Waals surface area contributed by atoms with Crippen molar-refractivity contribution in [2.75, 3.05) is 0 Å². The van der Waals surface area contributed by atoms with Crippen molar-refractivity contribution in [3.63, 3.8) is 0 Å². The molecule has 0 fully saturated rings. The number of hydrogen-bond acceptors (Lipinski definition) is 5. The van der Waals surface area contributed by atoms with Crippen LogP contribution in [-0.4, -0.2) is 17.8 Å². The lowest BCUT2D eigenvalue weighted by Crippen LogP contribution is -2.31. The van der Waals surface area contributed by atoms with E-state index in [1.807, 2.05) is 18.2 Å². The van der Waals surface area contributed by atoms with E-state index in [1.165, 1.54) is 0 Å². The van der Waals surface area contributed by atoms with Crippen molar-refractivity contribution in [3.05, 3.63) is 30.3 Å². The van der Waals surface area contributed by atoms with Gasteiger partial charge in [0.1, 0.15) is 0 Å². The van der Waals surface area contributed by atoms with Gasteiger partial charge in [0.25, 0.3) is 5.91 Å². The van der Waals surface area contributed by atoms with E-state index in [1.54, 1.807) is 12.1 Å². The number of nitrogens with one attached hydrogen (secondary N) is 1. The summed E-state index contributed by atoms with van der Waals surface area (Å²) in [4.78, 5) is 11.1. The SMILES string of the molecule is NC1=NNC(=O)C1N=Nc1ccccc1. The second kappa shape index (κ2) is 3.87. The van der Waals surface area contributed by atoms with Crippen LogP contribution in [0.15, 0.2) is 45.7 Å². The lowest BCUT2D eigenvalue weighted by atomic mass is 10.3. The van der Waals surface area contributed by atoms with Crippen LogP contribution in [0, 0.1) is 0 Å². The molecule has 3 N–H and O–H groups in total. The molecule has 76 valence electrons. The standard InChI is InChI=1S/C9H9N5O/c10-8-7(9(15)14-13-8)12-11-6-4-2-1-3-5-6/h1-5,7H,(H2,10,13)(H,14,15). The summed E-state index contributed by atoms with van der Waals surface area (Å²) >= 11 is 0. The van der Waals surface area contributed by atoms with E-state index < -0.39 is 6.04 Å². The van der Waals surface area contributed by atoms with E-state index in [-0.39, 0.29) is 11.7 Å². The van der Waals surface area contributed by atoms with Crippen molar-refractivity contribution in [1.82, 2.24) is 5.43 Å². The number of amidine groups is 1. The largest absolute Gasteiger partial charge is 0.383 e. The number of amides is 1. The average Bonchev–Trinajstić information content (AvgIpc) is 2.58. The molecule has 15 heavy (non-hydrogen) atoms. The first kappa shape index (κ1) is 9.32. The zero-order valence-corrected chi connectivity index (χ0v) is 7.79. The van der Waals surface area contributed by atoms with Crippen molar-refractivity contribution in [2.45, 2.75) is 6.04 Å². The van der Waals surface area contributed by atoms with Crippen LogP contribution in [0.25, 0.3) is 0 Å². The Balaban J connectivity index is 2.12. The average molecular weight is 203 g/mol. The van der Waals surface area contributed by atoms with E-state index in [2.05, 4.69) is 20.8 Å². The monoisotopic (exact) mass is 203 g/mol. The molecule has 1 aromatic rings. The number of hydrogen-bond donors (Lipinski definition) is 2. The predicted octanol–water partition coefficient (Wildman–Crippen LogP) is 0.541. The second-order valence-corrected chi connectivity index (χ2v) is 2.97.